The van der Waals surface area contributed by atoms with Gasteiger partial charge in [0.1, 0.15) is 0 Å². The number of benzene rings is 1. The predicted molar refractivity (Wildman–Crippen MR) is 114 cm³/mol. The van der Waals surface area contributed by atoms with Crippen molar-refractivity contribution in [1.82, 2.24) is 25.4 Å². The molecule has 0 fully saturated rings. The Morgan fingerprint density at radius 3 is 1.89 bits per heavy atom. The lowest BCUT2D eigenvalue weighted by Crippen LogP contribution is -2.11. The first-order valence-corrected chi connectivity index (χ1v) is 9.65. The van der Waals surface area contributed by atoms with Crippen LogP contribution in [0.25, 0.3) is 33.5 Å². The van der Waals surface area contributed by atoms with E-state index in [4.69, 9.17) is 4.98 Å². The van der Waals surface area contributed by atoms with Crippen molar-refractivity contribution in [2.45, 2.75) is 52.4 Å². The van der Waals surface area contributed by atoms with Crippen LogP contribution in [-0.4, -0.2) is 25.4 Å². The maximum Gasteiger partial charge on any atom is 0.0966 e. The average molecular weight is 374 g/mol. The third-order valence-electron chi connectivity index (χ3n) is 4.96. The van der Waals surface area contributed by atoms with Gasteiger partial charge in [0.05, 0.1) is 34.2 Å². The Hall–Kier alpha value is -2.95. The summed E-state index contributed by atoms with van der Waals surface area (Å²) in [6.07, 6.45) is 0. The molecule has 1 aromatic carbocycles. The molecule has 0 saturated heterocycles. The molecule has 4 aromatic rings. The Kier molecular flexibility index (Phi) is 4.14. The van der Waals surface area contributed by atoms with Crippen molar-refractivity contribution >= 4 is 10.8 Å². The minimum absolute atomic E-state index is 0.0145. The van der Waals surface area contributed by atoms with Crippen LogP contribution in [0.4, 0.5) is 0 Å². The highest BCUT2D eigenvalue weighted by Crippen LogP contribution is 2.32. The summed E-state index contributed by atoms with van der Waals surface area (Å²) in [7, 11) is 0. The Bertz CT molecular complexity index is 1140. The fourth-order valence-corrected chi connectivity index (χ4v) is 3.21. The van der Waals surface area contributed by atoms with E-state index in [1.54, 1.807) is 0 Å². The van der Waals surface area contributed by atoms with Crippen LogP contribution in [0.15, 0.2) is 42.5 Å². The summed E-state index contributed by atoms with van der Waals surface area (Å²) in [5.74, 6) is 0. The van der Waals surface area contributed by atoms with Gasteiger partial charge in [-0.1, -0.05) is 65.8 Å². The van der Waals surface area contributed by atoms with Gasteiger partial charge >= 0.3 is 0 Å². The van der Waals surface area contributed by atoms with Crippen LogP contribution in [0, 0.1) is 0 Å². The number of aromatic amines is 2. The molecular formula is C23H27N5. The number of pyridine rings is 1. The molecule has 3 heterocycles. The topological polar surface area (TPSA) is 70.2 Å². The van der Waals surface area contributed by atoms with E-state index in [0.717, 1.165) is 44.9 Å². The fraction of sp³-hybridized carbons (Fsp3) is 0.348. The molecule has 0 spiro atoms. The van der Waals surface area contributed by atoms with Gasteiger partial charge in [-0.05, 0) is 23.6 Å². The molecule has 2 N–H and O–H groups in total. The monoisotopic (exact) mass is 373 g/mol. The van der Waals surface area contributed by atoms with Crippen LogP contribution >= 0.6 is 0 Å². The highest BCUT2D eigenvalue weighted by molar-refractivity contribution is 5.96. The molecule has 0 radical (unpaired) electrons. The Labute approximate surface area is 165 Å². The maximum absolute atomic E-state index is 4.99. The maximum atomic E-state index is 4.99. The molecule has 28 heavy (non-hydrogen) atoms. The standard InChI is InChI=1S/C23H27N5/c1-22(2,3)19-12-17(25-27-19)16-11-14-9-7-8-10-15(14)21(24-16)18-13-20(28-26-18)23(4,5)6/h7-13H,1-6H3,(H,25,27)(H,26,28). The lowest BCUT2D eigenvalue weighted by molar-refractivity contribution is 0.566. The van der Waals surface area contributed by atoms with E-state index in [-0.39, 0.29) is 10.8 Å². The van der Waals surface area contributed by atoms with Gasteiger partial charge in [-0.25, -0.2) is 4.98 Å². The van der Waals surface area contributed by atoms with Gasteiger partial charge in [0.2, 0.25) is 0 Å². The van der Waals surface area contributed by atoms with Crippen LogP contribution < -0.4 is 0 Å². The van der Waals surface area contributed by atoms with Crippen molar-refractivity contribution < 1.29 is 0 Å². The Balaban J connectivity index is 1.89. The molecule has 0 unspecified atom stereocenters. The van der Waals surface area contributed by atoms with E-state index in [9.17, 15) is 0 Å². The molecule has 5 heteroatoms. The molecule has 0 atom stereocenters. The van der Waals surface area contributed by atoms with Crippen LogP contribution in [0.1, 0.15) is 52.9 Å². The molecule has 0 bridgehead atoms. The van der Waals surface area contributed by atoms with Crippen molar-refractivity contribution in [3.8, 4) is 22.8 Å². The van der Waals surface area contributed by atoms with Crippen LogP contribution in [0.2, 0.25) is 0 Å². The summed E-state index contributed by atoms with van der Waals surface area (Å²) in [5.41, 5.74) is 5.65. The van der Waals surface area contributed by atoms with Crippen LogP contribution in [-0.2, 0) is 10.8 Å². The summed E-state index contributed by atoms with van der Waals surface area (Å²) < 4.78 is 0. The first kappa shape index (κ1) is 18.4. The molecule has 0 aliphatic carbocycles. The van der Waals surface area contributed by atoms with Crippen molar-refractivity contribution in [2.75, 3.05) is 0 Å². The minimum atomic E-state index is -0.0207. The summed E-state index contributed by atoms with van der Waals surface area (Å²) in [5, 5.41) is 17.6. The molecule has 144 valence electrons. The van der Waals surface area contributed by atoms with E-state index >= 15 is 0 Å². The third kappa shape index (κ3) is 3.33. The zero-order chi connectivity index (χ0) is 20.1. The molecule has 0 saturated carbocycles. The summed E-state index contributed by atoms with van der Waals surface area (Å²) in [6.45, 7) is 13.0. The second-order valence-corrected chi connectivity index (χ2v) is 9.41. The van der Waals surface area contributed by atoms with E-state index in [0.29, 0.717) is 0 Å². The zero-order valence-electron chi connectivity index (χ0n) is 17.4. The highest BCUT2D eigenvalue weighted by atomic mass is 15.1. The quantitative estimate of drug-likeness (QED) is 0.480. The van der Waals surface area contributed by atoms with E-state index < -0.39 is 0 Å². The normalized spacial score (nSPS) is 12.6. The van der Waals surface area contributed by atoms with Gasteiger partial charge in [0.15, 0.2) is 0 Å². The first-order valence-electron chi connectivity index (χ1n) is 9.65. The molecule has 3 aromatic heterocycles. The molecule has 0 amide bonds. The summed E-state index contributed by atoms with van der Waals surface area (Å²) in [4.78, 5) is 4.99. The van der Waals surface area contributed by atoms with Gasteiger partial charge < -0.3 is 0 Å². The number of H-pyrrole nitrogens is 2. The number of hydrogen-bond donors (Lipinski definition) is 2. The molecular weight excluding hydrogens is 346 g/mol. The van der Waals surface area contributed by atoms with Crippen molar-refractivity contribution in [1.29, 1.82) is 0 Å². The van der Waals surface area contributed by atoms with Crippen molar-refractivity contribution in [3.63, 3.8) is 0 Å². The third-order valence-corrected chi connectivity index (χ3v) is 4.96. The van der Waals surface area contributed by atoms with Crippen LogP contribution in [0.5, 0.6) is 0 Å². The number of aromatic nitrogens is 5. The van der Waals surface area contributed by atoms with Gasteiger partial charge in [0.25, 0.3) is 0 Å². The predicted octanol–water partition coefficient (Wildman–Crippen LogP) is 5.61. The minimum Gasteiger partial charge on any atom is -0.276 e. The van der Waals surface area contributed by atoms with Gasteiger partial charge in [-0.2, -0.15) is 10.2 Å². The average Bonchev–Trinajstić information content (AvgIpc) is 3.29. The lowest BCUT2D eigenvalue weighted by Gasteiger charge is -2.13. The Morgan fingerprint density at radius 2 is 1.29 bits per heavy atom. The van der Waals surface area contributed by atoms with Crippen molar-refractivity contribution in [2.24, 2.45) is 0 Å². The van der Waals surface area contributed by atoms with Gasteiger partial charge in [-0.3, -0.25) is 10.2 Å². The second-order valence-electron chi connectivity index (χ2n) is 9.41. The van der Waals surface area contributed by atoms with Crippen molar-refractivity contribution in [3.05, 3.63) is 53.9 Å². The first-order chi connectivity index (χ1) is 13.1. The number of rotatable bonds is 2. The largest absolute Gasteiger partial charge is 0.276 e. The van der Waals surface area contributed by atoms with E-state index in [2.05, 4.69) is 98.3 Å². The summed E-state index contributed by atoms with van der Waals surface area (Å²) in [6, 6.07) is 14.6. The van der Waals surface area contributed by atoms with Gasteiger partial charge in [-0.15, -0.1) is 0 Å². The molecule has 0 aliphatic heterocycles. The second kappa shape index (κ2) is 6.30. The Morgan fingerprint density at radius 1 is 0.714 bits per heavy atom. The summed E-state index contributed by atoms with van der Waals surface area (Å²) >= 11 is 0. The van der Waals surface area contributed by atoms with Gasteiger partial charge in [0, 0.05) is 16.2 Å². The molecule has 4 rings (SSSR count). The highest BCUT2D eigenvalue weighted by Gasteiger charge is 2.21. The molecule has 5 nitrogen and oxygen atoms in total. The fourth-order valence-electron chi connectivity index (χ4n) is 3.21. The SMILES string of the molecule is CC(C)(C)c1cc(-c2cc3ccccc3c(-c3cc(C(C)(C)C)n[nH]3)n2)[nH]n1. The number of hydrogen-bond acceptors (Lipinski definition) is 3. The van der Waals surface area contributed by atoms with Crippen LogP contribution in [0.3, 0.4) is 0 Å². The number of nitrogens with one attached hydrogen (secondary N) is 2. The van der Waals surface area contributed by atoms with E-state index in [1.165, 1.54) is 0 Å². The smallest absolute Gasteiger partial charge is 0.0966 e. The molecule has 0 aliphatic rings. The number of nitrogens with zero attached hydrogens (tertiary/aromatic N) is 3. The van der Waals surface area contributed by atoms with E-state index in [1.807, 2.05) is 6.07 Å². The zero-order valence-corrected chi connectivity index (χ0v) is 17.4. The lowest BCUT2D eigenvalue weighted by atomic mass is 9.92. The number of fused-ring (bicyclic) bond motifs is 1.